The van der Waals surface area contributed by atoms with Crippen molar-refractivity contribution in [3.05, 3.63) is 77.5 Å². The highest BCUT2D eigenvalue weighted by Crippen LogP contribution is 2.22. The number of nitrogens with one attached hydrogen (secondary N) is 1. The molecule has 0 atom stereocenters. The molecule has 5 heteroatoms. The van der Waals surface area contributed by atoms with E-state index in [1.54, 1.807) is 18.7 Å². The Morgan fingerprint density at radius 1 is 1.12 bits per heavy atom. The predicted molar refractivity (Wildman–Crippen MR) is 91.0 cm³/mol. The summed E-state index contributed by atoms with van der Waals surface area (Å²) in [5.41, 5.74) is 4.43. The number of carbonyl (C=O) groups is 1. The lowest BCUT2D eigenvalue weighted by Crippen LogP contribution is -2.23. The van der Waals surface area contributed by atoms with Gasteiger partial charge in [-0.15, -0.1) is 0 Å². The van der Waals surface area contributed by atoms with Crippen LogP contribution >= 0.6 is 0 Å². The molecule has 0 bridgehead atoms. The molecule has 120 valence electrons. The van der Waals surface area contributed by atoms with Gasteiger partial charge in [-0.2, -0.15) is 0 Å². The summed E-state index contributed by atoms with van der Waals surface area (Å²) in [6, 6.07) is 9.89. The number of nitrogens with zero attached hydrogens (tertiary/aromatic N) is 3. The molecule has 24 heavy (non-hydrogen) atoms. The third-order valence-corrected chi connectivity index (χ3v) is 4.39. The van der Waals surface area contributed by atoms with Crippen LogP contribution in [0.3, 0.4) is 0 Å². The fourth-order valence-electron chi connectivity index (χ4n) is 3.10. The largest absolute Gasteiger partial charge is 0.348 e. The van der Waals surface area contributed by atoms with Gasteiger partial charge in [0.25, 0.3) is 5.91 Å². The zero-order valence-corrected chi connectivity index (χ0v) is 13.3. The number of rotatable bonds is 4. The monoisotopic (exact) mass is 318 g/mol. The lowest BCUT2D eigenvalue weighted by atomic mass is 10.1. The Labute approximate surface area is 140 Å². The molecule has 1 aromatic carbocycles. The second-order valence-electron chi connectivity index (χ2n) is 6.01. The van der Waals surface area contributed by atoms with E-state index in [1.807, 2.05) is 35.0 Å². The number of aryl methyl sites for hydroxylation is 2. The van der Waals surface area contributed by atoms with Crippen molar-refractivity contribution in [2.75, 3.05) is 0 Å². The van der Waals surface area contributed by atoms with Crippen LogP contribution in [0.5, 0.6) is 0 Å². The van der Waals surface area contributed by atoms with Crippen molar-refractivity contribution in [1.29, 1.82) is 0 Å². The molecule has 0 fully saturated rings. The minimum absolute atomic E-state index is 0.0364. The van der Waals surface area contributed by atoms with E-state index in [4.69, 9.17) is 0 Å². The number of amides is 1. The number of imidazole rings is 1. The first kappa shape index (κ1) is 14.6. The summed E-state index contributed by atoms with van der Waals surface area (Å²) in [5.74, 6) is 0.752. The molecule has 0 saturated carbocycles. The lowest BCUT2D eigenvalue weighted by Gasteiger charge is -2.08. The van der Waals surface area contributed by atoms with Crippen LogP contribution in [0, 0.1) is 0 Å². The highest BCUT2D eigenvalue weighted by atomic mass is 16.1. The van der Waals surface area contributed by atoms with E-state index >= 15 is 0 Å². The molecule has 0 radical (unpaired) electrons. The maximum atomic E-state index is 12.4. The number of aromatic nitrogens is 3. The normalized spacial score (nSPS) is 12.8. The summed E-state index contributed by atoms with van der Waals surface area (Å²) in [6.45, 7) is 0.472. The molecule has 1 aliphatic carbocycles. The van der Waals surface area contributed by atoms with Crippen molar-refractivity contribution < 1.29 is 4.79 Å². The van der Waals surface area contributed by atoms with E-state index in [1.165, 1.54) is 17.5 Å². The molecule has 3 aromatic rings. The second kappa shape index (κ2) is 6.28. The molecule has 1 aliphatic rings. The van der Waals surface area contributed by atoms with E-state index in [0.29, 0.717) is 6.54 Å². The zero-order chi connectivity index (χ0) is 16.4. The first-order chi connectivity index (χ1) is 11.8. The summed E-state index contributed by atoms with van der Waals surface area (Å²) < 4.78 is 1.84. The Hall–Kier alpha value is -2.95. The minimum Gasteiger partial charge on any atom is -0.348 e. The molecule has 0 unspecified atom stereocenters. The summed E-state index contributed by atoms with van der Waals surface area (Å²) in [4.78, 5) is 20.7. The fraction of sp³-hybridized carbons (Fsp3) is 0.211. The van der Waals surface area contributed by atoms with Gasteiger partial charge in [-0.25, -0.2) is 9.97 Å². The number of hydrogen-bond donors (Lipinski definition) is 1. The molecule has 1 amide bonds. The van der Waals surface area contributed by atoms with Gasteiger partial charge in [0.2, 0.25) is 0 Å². The first-order valence-electron chi connectivity index (χ1n) is 8.13. The smallest absolute Gasteiger partial charge is 0.251 e. The molecule has 5 nitrogen and oxygen atoms in total. The van der Waals surface area contributed by atoms with Crippen molar-refractivity contribution >= 4 is 5.91 Å². The third-order valence-electron chi connectivity index (χ3n) is 4.39. The third kappa shape index (κ3) is 2.93. The molecular formula is C19H18N4O. The molecule has 0 spiro atoms. The maximum Gasteiger partial charge on any atom is 0.251 e. The summed E-state index contributed by atoms with van der Waals surface area (Å²) in [7, 11) is 0. The molecule has 0 saturated heterocycles. The quantitative estimate of drug-likeness (QED) is 0.804. The van der Waals surface area contributed by atoms with Gasteiger partial charge >= 0.3 is 0 Å². The van der Waals surface area contributed by atoms with Gasteiger partial charge in [-0.05, 0) is 60.2 Å². The van der Waals surface area contributed by atoms with Crippen LogP contribution in [0.25, 0.3) is 5.82 Å². The molecule has 4 rings (SSSR count). The average molecular weight is 318 g/mol. The standard InChI is InChI=1S/C19H18N4O/c24-19(17-5-4-15-2-1-3-16(15)11-17)22-12-14-6-7-21-18(10-14)23-9-8-20-13-23/h4-11,13H,1-3,12H2,(H,22,24). The maximum absolute atomic E-state index is 12.4. The number of carbonyl (C=O) groups excluding carboxylic acids is 1. The Kier molecular flexibility index (Phi) is 3.83. The van der Waals surface area contributed by atoms with Gasteiger partial charge in [0, 0.05) is 30.7 Å². The van der Waals surface area contributed by atoms with Gasteiger partial charge in [0.15, 0.2) is 0 Å². The van der Waals surface area contributed by atoms with Crippen LogP contribution in [0.1, 0.15) is 33.5 Å². The van der Waals surface area contributed by atoms with Crippen LogP contribution < -0.4 is 5.32 Å². The summed E-state index contributed by atoms with van der Waals surface area (Å²) in [6.07, 6.45) is 10.4. The van der Waals surface area contributed by atoms with Crippen LogP contribution in [-0.4, -0.2) is 20.4 Å². The van der Waals surface area contributed by atoms with Gasteiger partial charge in [-0.3, -0.25) is 9.36 Å². The summed E-state index contributed by atoms with van der Waals surface area (Å²) >= 11 is 0. The number of benzene rings is 1. The molecule has 2 aromatic heterocycles. The molecular weight excluding hydrogens is 300 g/mol. The topological polar surface area (TPSA) is 59.8 Å². The van der Waals surface area contributed by atoms with E-state index in [-0.39, 0.29) is 5.91 Å². The van der Waals surface area contributed by atoms with Crippen molar-refractivity contribution in [2.45, 2.75) is 25.8 Å². The first-order valence-corrected chi connectivity index (χ1v) is 8.13. The van der Waals surface area contributed by atoms with Crippen LogP contribution in [0.2, 0.25) is 0 Å². The van der Waals surface area contributed by atoms with Gasteiger partial charge in [0.05, 0.1) is 0 Å². The van der Waals surface area contributed by atoms with E-state index in [0.717, 1.165) is 29.8 Å². The highest BCUT2D eigenvalue weighted by molar-refractivity contribution is 5.94. The van der Waals surface area contributed by atoms with Crippen LogP contribution in [0.15, 0.2) is 55.2 Å². The number of fused-ring (bicyclic) bond motifs is 1. The number of hydrogen-bond acceptors (Lipinski definition) is 3. The van der Waals surface area contributed by atoms with Crippen molar-refractivity contribution in [3.63, 3.8) is 0 Å². The van der Waals surface area contributed by atoms with Crippen molar-refractivity contribution in [1.82, 2.24) is 19.9 Å². The Bertz CT molecular complexity index is 871. The van der Waals surface area contributed by atoms with Gasteiger partial charge in [-0.1, -0.05) is 6.07 Å². The SMILES string of the molecule is O=C(NCc1ccnc(-n2ccnc2)c1)c1ccc2c(c1)CCC2. The van der Waals surface area contributed by atoms with Crippen molar-refractivity contribution in [2.24, 2.45) is 0 Å². The van der Waals surface area contributed by atoms with Crippen LogP contribution in [0.4, 0.5) is 0 Å². The lowest BCUT2D eigenvalue weighted by molar-refractivity contribution is 0.0951. The van der Waals surface area contributed by atoms with Crippen molar-refractivity contribution in [3.8, 4) is 5.82 Å². The molecule has 1 N–H and O–H groups in total. The zero-order valence-electron chi connectivity index (χ0n) is 13.3. The van der Waals surface area contributed by atoms with Crippen LogP contribution in [-0.2, 0) is 19.4 Å². The molecule has 0 aliphatic heterocycles. The number of pyridine rings is 1. The molecule has 2 heterocycles. The predicted octanol–water partition coefficient (Wildman–Crippen LogP) is 2.69. The van der Waals surface area contributed by atoms with Gasteiger partial charge < -0.3 is 5.32 Å². The minimum atomic E-state index is -0.0364. The summed E-state index contributed by atoms with van der Waals surface area (Å²) in [5, 5.41) is 2.99. The van der Waals surface area contributed by atoms with Gasteiger partial charge in [0.1, 0.15) is 12.1 Å². The fourth-order valence-corrected chi connectivity index (χ4v) is 3.10. The highest BCUT2D eigenvalue weighted by Gasteiger charge is 2.13. The Balaban J connectivity index is 1.45. The van der Waals surface area contributed by atoms with E-state index in [2.05, 4.69) is 21.4 Å². The average Bonchev–Trinajstić information content (AvgIpc) is 3.30. The Morgan fingerprint density at radius 3 is 2.92 bits per heavy atom. The van der Waals surface area contributed by atoms with E-state index < -0.39 is 0 Å². The second-order valence-corrected chi connectivity index (χ2v) is 6.01. The Morgan fingerprint density at radius 2 is 2.04 bits per heavy atom. The van der Waals surface area contributed by atoms with E-state index in [9.17, 15) is 4.79 Å².